The highest BCUT2D eigenvalue weighted by molar-refractivity contribution is 8.13. The Labute approximate surface area is 126 Å². The molecule has 0 saturated heterocycles. The third-order valence-electron chi connectivity index (χ3n) is 3.15. The monoisotopic (exact) mass is 321 g/mol. The van der Waals surface area contributed by atoms with E-state index in [2.05, 4.69) is 10.1 Å². The van der Waals surface area contributed by atoms with Gasteiger partial charge >= 0.3 is 0 Å². The van der Waals surface area contributed by atoms with Crippen molar-refractivity contribution in [3.63, 3.8) is 0 Å². The van der Waals surface area contributed by atoms with Gasteiger partial charge in [-0.25, -0.2) is 8.42 Å². The summed E-state index contributed by atoms with van der Waals surface area (Å²) in [7, 11) is 1.56. The van der Waals surface area contributed by atoms with E-state index in [9.17, 15) is 8.42 Å². The van der Waals surface area contributed by atoms with E-state index >= 15 is 0 Å². The Balaban J connectivity index is 2.04. The summed E-state index contributed by atoms with van der Waals surface area (Å²) in [6.07, 6.45) is 2.67. The van der Waals surface area contributed by atoms with Gasteiger partial charge in [-0.15, -0.1) is 0 Å². The Morgan fingerprint density at radius 2 is 2.05 bits per heavy atom. The number of benzene rings is 1. The van der Waals surface area contributed by atoms with Crippen LogP contribution in [0.4, 0.5) is 0 Å². The third-order valence-corrected chi connectivity index (χ3v) is 4.46. The SMILES string of the molecule is Cc1cc(Cn2cc(S(=O)(=O)Cl)cn2)c2ccccc2n1. The number of para-hydroxylation sites is 1. The van der Waals surface area contributed by atoms with Crippen molar-refractivity contribution in [3.8, 4) is 0 Å². The lowest BCUT2D eigenvalue weighted by Gasteiger charge is -2.08. The first-order chi connectivity index (χ1) is 9.93. The number of pyridine rings is 1. The van der Waals surface area contributed by atoms with Crippen LogP contribution in [0.1, 0.15) is 11.3 Å². The standard InChI is InChI=1S/C14H12ClN3O2S/c1-10-6-11(13-4-2-3-5-14(13)17-10)8-18-9-12(7-16-18)21(15,19)20/h2-7,9H,8H2,1H3. The van der Waals surface area contributed by atoms with Crippen LogP contribution in [0.15, 0.2) is 47.6 Å². The Morgan fingerprint density at radius 1 is 1.29 bits per heavy atom. The van der Waals surface area contributed by atoms with Crippen LogP contribution in [-0.4, -0.2) is 23.2 Å². The van der Waals surface area contributed by atoms with E-state index in [-0.39, 0.29) is 4.90 Å². The van der Waals surface area contributed by atoms with Gasteiger partial charge in [0.25, 0.3) is 9.05 Å². The molecule has 0 saturated carbocycles. The van der Waals surface area contributed by atoms with Crippen LogP contribution in [0.3, 0.4) is 0 Å². The van der Waals surface area contributed by atoms with Crippen LogP contribution in [-0.2, 0) is 15.6 Å². The third kappa shape index (κ3) is 2.91. The summed E-state index contributed by atoms with van der Waals surface area (Å²) in [5, 5.41) is 5.07. The summed E-state index contributed by atoms with van der Waals surface area (Å²) in [4.78, 5) is 4.48. The fourth-order valence-electron chi connectivity index (χ4n) is 2.26. The lowest BCUT2D eigenvalue weighted by atomic mass is 10.1. The van der Waals surface area contributed by atoms with Gasteiger partial charge in [-0.05, 0) is 24.6 Å². The zero-order valence-corrected chi connectivity index (χ0v) is 12.8. The molecular formula is C14H12ClN3O2S. The molecule has 0 fully saturated rings. The number of aromatic nitrogens is 3. The van der Waals surface area contributed by atoms with Gasteiger partial charge in [0.2, 0.25) is 0 Å². The maximum Gasteiger partial charge on any atom is 0.264 e. The lowest BCUT2D eigenvalue weighted by Crippen LogP contribution is -2.02. The van der Waals surface area contributed by atoms with Gasteiger partial charge in [-0.2, -0.15) is 5.10 Å². The highest BCUT2D eigenvalue weighted by Crippen LogP contribution is 2.20. The van der Waals surface area contributed by atoms with Crippen LogP contribution in [0, 0.1) is 6.92 Å². The number of aryl methyl sites for hydroxylation is 1. The van der Waals surface area contributed by atoms with Crippen LogP contribution in [0.2, 0.25) is 0 Å². The van der Waals surface area contributed by atoms with Crippen molar-refractivity contribution in [1.29, 1.82) is 0 Å². The molecule has 0 amide bonds. The largest absolute Gasteiger partial charge is 0.267 e. The van der Waals surface area contributed by atoms with Crippen molar-refractivity contribution < 1.29 is 8.42 Å². The second kappa shape index (κ2) is 5.13. The van der Waals surface area contributed by atoms with Crippen molar-refractivity contribution in [2.75, 3.05) is 0 Å². The van der Waals surface area contributed by atoms with Gasteiger partial charge in [-0.1, -0.05) is 18.2 Å². The number of hydrogen-bond acceptors (Lipinski definition) is 4. The van der Waals surface area contributed by atoms with E-state index in [1.807, 2.05) is 37.3 Å². The predicted octanol–water partition coefficient (Wildman–Crippen LogP) is 2.72. The molecule has 0 spiro atoms. The molecule has 1 aromatic carbocycles. The zero-order valence-electron chi connectivity index (χ0n) is 11.2. The van der Waals surface area contributed by atoms with Crippen LogP contribution >= 0.6 is 10.7 Å². The summed E-state index contributed by atoms with van der Waals surface area (Å²) in [5.41, 5.74) is 2.84. The number of nitrogens with zero attached hydrogens (tertiary/aromatic N) is 3. The molecule has 0 atom stereocenters. The number of hydrogen-bond donors (Lipinski definition) is 0. The second-order valence-corrected chi connectivity index (χ2v) is 7.32. The van der Waals surface area contributed by atoms with Gasteiger partial charge in [0, 0.05) is 28.0 Å². The van der Waals surface area contributed by atoms with Crippen molar-refractivity contribution in [2.45, 2.75) is 18.4 Å². The number of halogens is 1. The minimum absolute atomic E-state index is 0.000694. The van der Waals surface area contributed by atoms with Gasteiger partial charge in [-0.3, -0.25) is 9.67 Å². The fraction of sp³-hybridized carbons (Fsp3) is 0.143. The number of rotatable bonds is 3. The topological polar surface area (TPSA) is 64.8 Å². The number of fused-ring (bicyclic) bond motifs is 1. The van der Waals surface area contributed by atoms with Crippen molar-refractivity contribution in [1.82, 2.24) is 14.8 Å². The summed E-state index contributed by atoms with van der Waals surface area (Å²) in [5.74, 6) is 0. The summed E-state index contributed by atoms with van der Waals surface area (Å²) >= 11 is 0. The average molecular weight is 322 g/mol. The molecule has 3 rings (SSSR count). The molecule has 0 bridgehead atoms. The van der Waals surface area contributed by atoms with E-state index in [1.54, 1.807) is 4.68 Å². The minimum Gasteiger partial charge on any atom is -0.267 e. The average Bonchev–Trinajstić information content (AvgIpc) is 2.87. The van der Waals surface area contributed by atoms with E-state index in [4.69, 9.17) is 10.7 Å². The molecule has 0 N–H and O–H groups in total. The molecule has 0 radical (unpaired) electrons. The lowest BCUT2D eigenvalue weighted by molar-refractivity contribution is 0.609. The summed E-state index contributed by atoms with van der Waals surface area (Å²) in [6.45, 7) is 2.38. The van der Waals surface area contributed by atoms with Gasteiger partial charge in [0.15, 0.2) is 0 Å². The van der Waals surface area contributed by atoms with Gasteiger partial charge in [0.1, 0.15) is 4.90 Å². The van der Waals surface area contributed by atoms with Crippen LogP contribution in [0.25, 0.3) is 10.9 Å². The smallest absolute Gasteiger partial charge is 0.264 e. The highest BCUT2D eigenvalue weighted by Gasteiger charge is 2.13. The molecule has 0 aliphatic rings. The maximum absolute atomic E-state index is 11.3. The van der Waals surface area contributed by atoms with E-state index in [1.165, 1.54) is 12.4 Å². The molecular weight excluding hydrogens is 310 g/mol. The first-order valence-electron chi connectivity index (χ1n) is 6.26. The molecule has 5 nitrogen and oxygen atoms in total. The molecule has 0 unspecified atom stereocenters. The van der Waals surface area contributed by atoms with Crippen molar-refractivity contribution in [2.24, 2.45) is 0 Å². The molecule has 2 heterocycles. The first-order valence-corrected chi connectivity index (χ1v) is 8.57. The molecule has 7 heteroatoms. The second-order valence-electron chi connectivity index (χ2n) is 4.75. The Bertz CT molecular complexity index is 919. The minimum atomic E-state index is -3.75. The Morgan fingerprint density at radius 3 is 2.76 bits per heavy atom. The summed E-state index contributed by atoms with van der Waals surface area (Å²) < 4.78 is 24.1. The first kappa shape index (κ1) is 14.0. The fourth-order valence-corrected chi connectivity index (χ4v) is 2.92. The predicted molar refractivity (Wildman–Crippen MR) is 80.8 cm³/mol. The highest BCUT2D eigenvalue weighted by atomic mass is 35.7. The van der Waals surface area contributed by atoms with Crippen molar-refractivity contribution in [3.05, 3.63) is 54.0 Å². The molecule has 108 valence electrons. The zero-order chi connectivity index (χ0) is 15.0. The Kier molecular flexibility index (Phi) is 3.43. The molecule has 0 aliphatic heterocycles. The van der Waals surface area contributed by atoms with Gasteiger partial charge in [0.05, 0.1) is 18.3 Å². The molecule has 2 aromatic heterocycles. The quantitative estimate of drug-likeness (QED) is 0.696. The van der Waals surface area contributed by atoms with E-state index in [0.717, 1.165) is 22.2 Å². The molecule has 3 aromatic rings. The van der Waals surface area contributed by atoms with Crippen LogP contribution in [0.5, 0.6) is 0 Å². The summed E-state index contributed by atoms with van der Waals surface area (Å²) in [6, 6.07) is 9.79. The molecule has 0 aliphatic carbocycles. The van der Waals surface area contributed by atoms with Gasteiger partial charge < -0.3 is 0 Å². The van der Waals surface area contributed by atoms with Crippen molar-refractivity contribution >= 4 is 30.6 Å². The van der Waals surface area contributed by atoms with E-state index < -0.39 is 9.05 Å². The maximum atomic E-state index is 11.3. The van der Waals surface area contributed by atoms with Crippen LogP contribution < -0.4 is 0 Å². The normalized spacial score (nSPS) is 11.9. The molecule has 21 heavy (non-hydrogen) atoms. The van der Waals surface area contributed by atoms with E-state index in [0.29, 0.717) is 6.54 Å². The Hall–Kier alpha value is -1.92.